The zero-order valence-corrected chi connectivity index (χ0v) is 13.0. The van der Waals surface area contributed by atoms with Crippen molar-refractivity contribution in [2.75, 3.05) is 38.5 Å². The Hall–Kier alpha value is -1.57. The average molecular weight is 329 g/mol. The van der Waals surface area contributed by atoms with Gasteiger partial charge >= 0.3 is 0 Å². The molecule has 1 amide bonds. The Morgan fingerprint density at radius 2 is 2.18 bits per heavy atom. The van der Waals surface area contributed by atoms with Crippen LogP contribution in [0, 0.1) is 5.92 Å². The maximum Gasteiger partial charge on any atom is 0.262 e. The number of anilines is 1. The van der Waals surface area contributed by atoms with Crippen molar-refractivity contribution >= 4 is 23.3 Å². The highest BCUT2D eigenvalue weighted by atomic mass is 35.5. The Morgan fingerprint density at radius 1 is 1.50 bits per heavy atom. The summed E-state index contributed by atoms with van der Waals surface area (Å²) in [5.74, 6) is -0.0114. The van der Waals surface area contributed by atoms with E-state index in [-0.39, 0.29) is 23.0 Å². The first-order valence-corrected chi connectivity index (χ1v) is 7.68. The highest BCUT2D eigenvalue weighted by Gasteiger charge is 2.20. The number of hydrogen-bond donors (Lipinski definition) is 4. The van der Waals surface area contributed by atoms with Gasteiger partial charge in [0.15, 0.2) is 0 Å². The minimum atomic E-state index is -0.544. The van der Waals surface area contributed by atoms with Gasteiger partial charge in [0, 0.05) is 13.1 Å². The van der Waals surface area contributed by atoms with E-state index in [1.54, 1.807) is 0 Å². The number of amides is 1. The van der Waals surface area contributed by atoms with Gasteiger partial charge in [0.25, 0.3) is 11.5 Å². The molecule has 1 fully saturated rings. The van der Waals surface area contributed by atoms with Gasteiger partial charge in [0.05, 0.1) is 11.6 Å². The molecule has 0 atom stereocenters. The van der Waals surface area contributed by atoms with Crippen molar-refractivity contribution in [3.63, 3.8) is 0 Å². The van der Waals surface area contributed by atoms with Gasteiger partial charge in [-0.05, 0) is 37.9 Å². The molecule has 22 heavy (non-hydrogen) atoms. The van der Waals surface area contributed by atoms with E-state index in [1.807, 2.05) is 0 Å². The van der Waals surface area contributed by atoms with Crippen LogP contribution in [0.25, 0.3) is 0 Å². The van der Waals surface area contributed by atoms with E-state index < -0.39 is 11.5 Å². The first-order chi connectivity index (χ1) is 10.5. The third-order valence-corrected chi connectivity index (χ3v) is 4.25. The third kappa shape index (κ3) is 4.22. The summed E-state index contributed by atoms with van der Waals surface area (Å²) in [6.07, 6.45) is 1.91. The monoisotopic (exact) mass is 328 g/mol. The van der Waals surface area contributed by atoms with Crippen LogP contribution >= 0.6 is 11.6 Å². The lowest BCUT2D eigenvalue weighted by Gasteiger charge is -2.31. The molecular formula is C14H21ClN4O3. The summed E-state index contributed by atoms with van der Waals surface area (Å²) in [4.78, 5) is 28.3. The Morgan fingerprint density at radius 3 is 2.82 bits per heavy atom. The molecule has 1 saturated heterocycles. The number of aromatic nitrogens is 1. The first kappa shape index (κ1) is 16.8. The molecule has 5 N–H and O–H groups in total. The second kappa shape index (κ2) is 7.62. The SMILES string of the molecule is Nc1[nH]c(=O)c(C(=O)NCC2CCN(CCO)CC2)cc1Cl. The maximum absolute atomic E-state index is 12.1. The number of aliphatic hydroxyl groups excluding tert-OH is 1. The average Bonchev–Trinajstić information content (AvgIpc) is 2.50. The normalized spacial score (nSPS) is 16.6. The highest BCUT2D eigenvalue weighted by molar-refractivity contribution is 6.33. The lowest BCUT2D eigenvalue weighted by molar-refractivity contribution is 0.0931. The Labute approximate surface area is 133 Å². The zero-order chi connectivity index (χ0) is 16.1. The molecule has 1 aromatic heterocycles. The number of likely N-dealkylation sites (tertiary alicyclic amines) is 1. The van der Waals surface area contributed by atoms with Crippen molar-refractivity contribution in [2.45, 2.75) is 12.8 Å². The van der Waals surface area contributed by atoms with Gasteiger partial charge in [-0.25, -0.2) is 0 Å². The fraction of sp³-hybridized carbons (Fsp3) is 0.571. The molecule has 7 nitrogen and oxygen atoms in total. The Kier molecular flexibility index (Phi) is 5.82. The van der Waals surface area contributed by atoms with E-state index in [0.29, 0.717) is 19.0 Å². The van der Waals surface area contributed by atoms with E-state index in [0.717, 1.165) is 25.9 Å². The van der Waals surface area contributed by atoms with Crippen molar-refractivity contribution in [3.05, 3.63) is 27.0 Å². The zero-order valence-electron chi connectivity index (χ0n) is 12.3. The summed E-state index contributed by atoms with van der Waals surface area (Å²) in [6, 6.07) is 1.29. The topological polar surface area (TPSA) is 111 Å². The predicted octanol–water partition coefficient (Wildman–Crippen LogP) is 0.0446. The van der Waals surface area contributed by atoms with Gasteiger partial charge in [-0.1, -0.05) is 11.6 Å². The third-order valence-electron chi connectivity index (χ3n) is 3.94. The predicted molar refractivity (Wildman–Crippen MR) is 85.1 cm³/mol. The van der Waals surface area contributed by atoms with Crippen LogP contribution in [0.15, 0.2) is 10.9 Å². The Bertz CT molecular complexity index is 582. The number of piperidine rings is 1. The van der Waals surface area contributed by atoms with Gasteiger partial charge in [-0.2, -0.15) is 0 Å². The van der Waals surface area contributed by atoms with E-state index in [9.17, 15) is 9.59 Å². The van der Waals surface area contributed by atoms with Gasteiger partial charge in [0.1, 0.15) is 11.4 Å². The number of nitrogen functional groups attached to an aromatic ring is 1. The van der Waals surface area contributed by atoms with Crippen molar-refractivity contribution in [2.24, 2.45) is 5.92 Å². The number of pyridine rings is 1. The van der Waals surface area contributed by atoms with Crippen LogP contribution in [0.4, 0.5) is 5.82 Å². The van der Waals surface area contributed by atoms with Crippen LogP contribution < -0.4 is 16.6 Å². The summed E-state index contributed by atoms with van der Waals surface area (Å²) in [5.41, 5.74) is 4.90. The molecule has 0 bridgehead atoms. The largest absolute Gasteiger partial charge is 0.395 e. The molecule has 0 spiro atoms. The number of carbonyl (C=O) groups excluding carboxylic acids is 1. The molecule has 0 aliphatic carbocycles. The van der Waals surface area contributed by atoms with Crippen LogP contribution in [0.2, 0.25) is 5.02 Å². The number of rotatable bonds is 5. The molecule has 2 heterocycles. The molecular weight excluding hydrogens is 308 g/mol. The van der Waals surface area contributed by atoms with Gasteiger partial charge < -0.3 is 26.0 Å². The molecule has 122 valence electrons. The second-order valence-electron chi connectivity index (χ2n) is 5.49. The Balaban J connectivity index is 1.86. The quantitative estimate of drug-likeness (QED) is 0.610. The van der Waals surface area contributed by atoms with Crippen LogP contribution in [0.3, 0.4) is 0 Å². The van der Waals surface area contributed by atoms with Crippen molar-refractivity contribution in [3.8, 4) is 0 Å². The summed E-state index contributed by atoms with van der Waals surface area (Å²) in [6.45, 7) is 3.21. The fourth-order valence-electron chi connectivity index (χ4n) is 2.58. The van der Waals surface area contributed by atoms with Gasteiger partial charge in [-0.3, -0.25) is 9.59 Å². The number of aliphatic hydroxyl groups is 1. The van der Waals surface area contributed by atoms with Crippen LogP contribution in [-0.2, 0) is 0 Å². The highest BCUT2D eigenvalue weighted by Crippen LogP contribution is 2.17. The van der Waals surface area contributed by atoms with E-state index in [4.69, 9.17) is 22.4 Å². The number of carbonyl (C=O) groups is 1. The minimum Gasteiger partial charge on any atom is -0.395 e. The second-order valence-corrected chi connectivity index (χ2v) is 5.90. The summed E-state index contributed by atoms with van der Waals surface area (Å²) in [5, 5.41) is 11.8. The van der Waals surface area contributed by atoms with Gasteiger partial charge in [0.2, 0.25) is 0 Å². The van der Waals surface area contributed by atoms with Crippen LogP contribution in [0.1, 0.15) is 23.2 Å². The smallest absolute Gasteiger partial charge is 0.262 e. The molecule has 0 saturated carbocycles. The maximum atomic E-state index is 12.1. The molecule has 1 aromatic rings. The standard InChI is InChI=1S/C14H21ClN4O3/c15-11-7-10(14(22)18-12(11)16)13(21)17-8-9-1-3-19(4-2-9)5-6-20/h7,9,20H,1-6,8H2,(H,17,21)(H3,16,18,22). The number of H-pyrrole nitrogens is 1. The number of aromatic amines is 1. The van der Waals surface area contributed by atoms with E-state index >= 15 is 0 Å². The van der Waals surface area contributed by atoms with Crippen LogP contribution in [0.5, 0.6) is 0 Å². The number of nitrogens with one attached hydrogen (secondary N) is 2. The fourth-order valence-corrected chi connectivity index (χ4v) is 2.73. The summed E-state index contributed by atoms with van der Waals surface area (Å²) in [7, 11) is 0. The first-order valence-electron chi connectivity index (χ1n) is 7.31. The van der Waals surface area contributed by atoms with Crippen molar-refractivity contribution in [1.82, 2.24) is 15.2 Å². The number of hydrogen-bond acceptors (Lipinski definition) is 5. The van der Waals surface area contributed by atoms with E-state index in [1.165, 1.54) is 6.07 Å². The van der Waals surface area contributed by atoms with Crippen molar-refractivity contribution < 1.29 is 9.90 Å². The molecule has 8 heteroatoms. The lowest BCUT2D eigenvalue weighted by Crippen LogP contribution is -2.40. The molecule has 1 aliphatic heterocycles. The summed E-state index contributed by atoms with van der Waals surface area (Å²) < 4.78 is 0. The molecule has 2 rings (SSSR count). The molecule has 0 aromatic carbocycles. The number of halogens is 1. The lowest BCUT2D eigenvalue weighted by atomic mass is 9.96. The number of nitrogens with two attached hydrogens (primary N) is 1. The molecule has 1 aliphatic rings. The van der Waals surface area contributed by atoms with E-state index in [2.05, 4.69) is 15.2 Å². The minimum absolute atomic E-state index is 0.0306. The number of nitrogens with zero attached hydrogens (tertiary/aromatic N) is 1. The number of β-amino-alcohol motifs (C(OH)–C–C–N with tert-alkyl or cyclic N) is 1. The summed E-state index contributed by atoms with van der Waals surface area (Å²) >= 11 is 5.82. The molecule has 0 radical (unpaired) electrons. The van der Waals surface area contributed by atoms with Crippen molar-refractivity contribution in [1.29, 1.82) is 0 Å². The van der Waals surface area contributed by atoms with Crippen LogP contribution in [-0.4, -0.2) is 53.7 Å². The molecule has 0 unspecified atom stereocenters. The van der Waals surface area contributed by atoms with Gasteiger partial charge in [-0.15, -0.1) is 0 Å².